The van der Waals surface area contributed by atoms with Crippen molar-refractivity contribution in [2.45, 2.75) is 24.9 Å². The van der Waals surface area contributed by atoms with Crippen LogP contribution in [0.4, 0.5) is 13.2 Å². The zero-order valence-electron chi connectivity index (χ0n) is 8.80. The van der Waals surface area contributed by atoms with E-state index in [4.69, 9.17) is 5.73 Å². The van der Waals surface area contributed by atoms with Crippen molar-refractivity contribution in [3.8, 4) is 0 Å². The van der Waals surface area contributed by atoms with E-state index in [2.05, 4.69) is 0 Å². The summed E-state index contributed by atoms with van der Waals surface area (Å²) in [5.74, 6) is 0.947. The van der Waals surface area contributed by atoms with Gasteiger partial charge in [0.25, 0.3) is 0 Å². The Kier molecular flexibility index (Phi) is 2.93. The molecule has 1 aliphatic rings. The predicted octanol–water partition coefficient (Wildman–Crippen LogP) is 3.16. The first-order valence-corrected chi connectivity index (χ1v) is 5.38. The van der Waals surface area contributed by atoms with Crippen molar-refractivity contribution in [1.29, 1.82) is 0 Å². The van der Waals surface area contributed by atoms with E-state index in [0.29, 0.717) is 18.4 Å². The van der Waals surface area contributed by atoms with Gasteiger partial charge in [-0.3, -0.25) is 0 Å². The number of hydrogen-bond acceptors (Lipinski definition) is 1. The Bertz CT molecular complexity index is 350. The predicted molar refractivity (Wildman–Crippen MR) is 56.0 cm³/mol. The molecule has 0 spiro atoms. The fourth-order valence-electron chi connectivity index (χ4n) is 2.14. The third-order valence-corrected chi connectivity index (χ3v) is 3.28. The molecule has 1 nitrogen and oxygen atoms in total. The van der Waals surface area contributed by atoms with Crippen LogP contribution < -0.4 is 5.73 Å². The summed E-state index contributed by atoms with van der Waals surface area (Å²) in [6, 6.07) is 5.48. The van der Waals surface area contributed by atoms with Crippen LogP contribution in [-0.4, -0.2) is 6.54 Å². The smallest absolute Gasteiger partial charge is 0.330 e. The van der Waals surface area contributed by atoms with Crippen LogP contribution in [0, 0.1) is 5.92 Å². The SMILES string of the molecule is NCC1CC(c2ccc(C(F)(F)F)cc2)C1. The summed E-state index contributed by atoms with van der Waals surface area (Å²) < 4.78 is 37.0. The second kappa shape index (κ2) is 4.09. The van der Waals surface area contributed by atoms with Crippen molar-refractivity contribution in [1.82, 2.24) is 0 Å². The molecule has 0 radical (unpaired) electrons. The van der Waals surface area contributed by atoms with Crippen LogP contribution in [0.25, 0.3) is 0 Å². The van der Waals surface area contributed by atoms with Crippen LogP contribution in [0.1, 0.15) is 29.9 Å². The van der Waals surface area contributed by atoms with Gasteiger partial charge in [-0.25, -0.2) is 0 Å². The number of benzene rings is 1. The Morgan fingerprint density at radius 1 is 1.12 bits per heavy atom. The van der Waals surface area contributed by atoms with E-state index in [0.717, 1.165) is 30.5 Å². The number of halogens is 3. The lowest BCUT2D eigenvalue weighted by atomic mass is 9.71. The maximum Gasteiger partial charge on any atom is 0.416 e. The molecule has 1 saturated carbocycles. The molecule has 88 valence electrons. The number of alkyl halides is 3. The molecule has 1 aromatic rings. The molecule has 2 rings (SSSR count). The van der Waals surface area contributed by atoms with Crippen molar-refractivity contribution in [2.24, 2.45) is 11.7 Å². The standard InChI is InChI=1S/C12H14F3N/c13-12(14,15)11-3-1-9(2-4-11)10-5-8(6-10)7-16/h1-4,8,10H,5-7,16H2. The van der Waals surface area contributed by atoms with E-state index < -0.39 is 11.7 Å². The van der Waals surface area contributed by atoms with Crippen molar-refractivity contribution in [3.63, 3.8) is 0 Å². The van der Waals surface area contributed by atoms with E-state index in [1.807, 2.05) is 0 Å². The van der Waals surface area contributed by atoms with E-state index in [-0.39, 0.29) is 0 Å². The molecule has 1 fully saturated rings. The molecular formula is C12H14F3N. The summed E-state index contributed by atoms with van der Waals surface area (Å²) in [6.07, 6.45) is -2.23. The first kappa shape index (κ1) is 11.5. The largest absolute Gasteiger partial charge is 0.416 e. The lowest BCUT2D eigenvalue weighted by molar-refractivity contribution is -0.137. The molecule has 0 aromatic heterocycles. The normalized spacial score (nSPS) is 25.2. The zero-order valence-corrected chi connectivity index (χ0v) is 8.80. The fraction of sp³-hybridized carbons (Fsp3) is 0.500. The van der Waals surface area contributed by atoms with Crippen LogP contribution in [0.15, 0.2) is 24.3 Å². The molecule has 4 heteroatoms. The second-order valence-electron chi connectivity index (χ2n) is 4.39. The summed E-state index contributed by atoms with van der Waals surface area (Å²) in [4.78, 5) is 0. The Labute approximate surface area is 92.5 Å². The second-order valence-corrected chi connectivity index (χ2v) is 4.39. The lowest BCUT2D eigenvalue weighted by Crippen LogP contribution is -2.28. The Morgan fingerprint density at radius 2 is 1.69 bits per heavy atom. The highest BCUT2D eigenvalue weighted by Gasteiger charge is 2.32. The van der Waals surface area contributed by atoms with Crippen molar-refractivity contribution < 1.29 is 13.2 Å². The summed E-state index contributed by atoms with van der Waals surface area (Å²) in [6.45, 7) is 0.678. The first-order valence-electron chi connectivity index (χ1n) is 5.38. The van der Waals surface area contributed by atoms with E-state index in [1.54, 1.807) is 12.1 Å². The first-order chi connectivity index (χ1) is 7.50. The quantitative estimate of drug-likeness (QED) is 0.828. The van der Waals surface area contributed by atoms with Gasteiger partial charge in [0.1, 0.15) is 0 Å². The van der Waals surface area contributed by atoms with Gasteiger partial charge < -0.3 is 5.73 Å². The number of hydrogen-bond donors (Lipinski definition) is 1. The molecule has 0 saturated heterocycles. The molecule has 1 aliphatic carbocycles. The molecule has 0 bridgehead atoms. The molecule has 0 unspecified atom stereocenters. The van der Waals surface area contributed by atoms with E-state index >= 15 is 0 Å². The van der Waals surface area contributed by atoms with E-state index in [1.165, 1.54) is 0 Å². The molecule has 0 heterocycles. The summed E-state index contributed by atoms with van der Waals surface area (Å²) in [7, 11) is 0. The summed E-state index contributed by atoms with van der Waals surface area (Å²) >= 11 is 0. The maximum atomic E-state index is 12.3. The lowest BCUT2D eigenvalue weighted by Gasteiger charge is -2.34. The maximum absolute atomic E-state index is 12.3. The van der Waals surface area contributed by atoms with Crippen molar-refractivity contribution in [3.05, 3.63) is 35.4 Å². The summed E-state index contributed by atoms with van der Waals surface area (Å²) in [5, 5.41) is 0. The Hall–Kier alpha value is -1.03. The van der Waals surface area contributed by atoms with Crippen molar-refractivity contribution >= 4 is 0 Å². The molecule has 0 amide bonds. The van der Waals surface area contributed by atoms with Crippen LogP contribution in [-0.2, 0) is 6.18 Å². The van der Waals surface area contributed by atoms with Crippen LogP contribution >= 0.6 is 0 Å². The van der Waals surface area contributed by atoms with Gasteiger partial charge in [-0.05, 0) is 48.9 Å². The molecule has 0 atom stereocenters. The molecule has 0 aliphatic heterocycles. The van der Waals surface area contributed by atoms with Gasteiger partial charge in [0.2, 0.25) is 0 Å². The highest BCUT2D eigenvalue weighted by Crippen LogP contribution is 2.41. The Morgan fingerprint density at radius 3 is 2.12 bits per heavy atom. The molecule has 2 N–H and O–H groups in total. The molecular weight excluding hydrogens is 215 g/mol. The average Bonchev–Trinajstić information content (AvgIpc) is 2.15. The average molecular weight is 229 g/mol. The van der Waals surface area contributed by atoms with Gasteiger partial charge in [-0.2, -0.15) is 13.2 Å². The molecule has 1 aromatic carbocycles. The minimum Gasteiger partial charge on any atom is -0.330 e. The van der Waals surface area contributed by atoms with Gasteiger partial charge >= 0.3 is 6.18 Å². The topological polar surface area (TPSA) is 26.0 Å². The third kappa shape index (κ3) is 2.21. The van der Waals surface area contributed by atoms with Crippen molar-refractivity contribution in [2.75, 3.05) is 6.54 Å². The van der Waals surface area contributed by atoms with Gasteiger partial charge in [0.05, 0.1) is 5.56 Å². The summed E-state index contributed by atoms with van der Waals surface area (Å²) in [5.41, 5.74) is 5.93. The van der Waals surface area contributed by atoms with Gasteiger partial charge in [-0.1, -0.05) is 12.1 Å². The van der Waals surface area contributed by atoms with Crippen LogP contribution in [0.3, 0.4) is 0 Å². The Balaban J connectivity index is 2.04. The number of nitrogens with two attached hydrogens (primary N) is 1. The molecule has 16 heavy (non-hydrogen) atoms. The van der Waals surface area contributed by atoms with Gasteiger partial charge in [-0.15, -0.1) is 0 Å². The monoisotopic (exact) mass is 229 g/mol. The minimum atomic E-state index is -4.24. The van der Waals surface area contributed by atoms with Gasteiger partial charge in [0.15, 0.2) is 0 Å². The number of rotatable bonds is 2. The van der Waals surface area contributed by atoms with Crippen LogP contribution in [0.2, 0.25) is 0 Å². The zero-order chi connectivity index (χ0) is 11.8. The highest BCUT2D eigenvalue weighted by molar-refractivity contribution is 5.28. The van der Waals surface area contributed by atoms with Crippen LogP contribution in [0.5, 0.6) is 0 Å². The minimum absolute atomic E-state index is 0.399. The third-order valence-electron chi connectivity index (χ3n) is 3.28. The van der Waals surface area contributed by atoms with E-state index in [9.17, 15) is 13.2 Å². The fourth-order valence-corrected chi connectivity index (χ4v) is 2.14. The highest BCUT2D eigenvalue weighted by atomic mass is 19.4. The van der Waals surface area contributed by atoms with Gasteiger partial charge in [0, 0.05) is 0 Å².